The van der Waals surface area contributed by atoms with Gasteiger partial charge in [0.2, 0.25) is 11.5 Å². The molecule has 1 rings (SSSR count). The molecule has 1 aromatic rings. The number of carbonyl (C=O) groups is 2. The van der Waals surface area contributed by atoms with Crippen LogP contribution in [0.15, 0.2) is 10.8 Å². The summed E-state index contributed by atoms with van der Waals surface area (Å²) < 4.78 is 14.1. The van der Waals surface area contributed by atoms with E-state index in [1.165, 1.54) is 0 Å². The Bertz CT molecular complexity index is 325. The van der Waals surface area contributed by atoms with Crippen LogP contribution in [0.1, 0.15) is 34.9 Å². The first-order valence-corrected chi connectivity index (χ1v) is 4.48. The number of rotatable bonds is 4. The normalized spacial score (nSPS) is 9.73. The van der Waals surface area contributed by atoms with E-state index in [9.17, 15) is 9.59 Å². The summed E-state index contributed by atoms with van der Waals surface area (Å²) in [7, 11) is 0. The fourth-order valence-electron chi connectivity index (χ4n) is 0.932. The van der Waals surface area contributed by atoms with Crippen LogP contribution in [-0.4, -0.2) is 30.1 Å². The summed E-state index contributed by atoms with van der Waals surface area (Å²) in [6.07, 6.45) is 0.999. The molecule has 1 aromatic heterocycles. The van der Waals surface area contributed by atoms with Crippen molar-refractivity contribution in [3.05, 3.63) is 17.8 Å². The molecular formula is C9H11NO5. The summed E-state index contributed by atoms with van der Waals surface area (Å²) >= 11 is 0. The van der Waals surface area contributed by atoms with E-state index in [0.717, 1.165) is 6.39 Å². The van der Waals surface area contributed by atoms with Gasteiger partial charge in [-0.3, -0.25) is 0 Å². The molecule has 0 bridgehead atoms. The second-order valence-electron chi connectivity index (χ2n) is 2.47. The lowest BCUT2D eigenvalue weighted by Gasteiger charge is -2.00. The summed E-state index contributed by atoms with van der Waals surface area (Å²) in [6.45, 7) is 3.70. The fourth-order valence-corrected chi connectivity index (χ4v) is 0.932. The maximum absolute atomic E-state index is 11.3. The highest BCUT2D eigenvalue weighted by molar-refractivity contribution is 5.99. The number of nitrogens with zero attached hydrogens (tertiary/aromatic N) is 1. The van der Waals surface area contributed by atoms with Crippen LogP contribution in [0.5, 0.6) is 0 Å². The molecule has 82 valence electrons. The summed E-state index contributed by atoms with van der Waals surface area (Å²) in [4.78, 5) is 26.2. The van der Waals surface area contributed by atoms with Gasteiger partial charge in [0.05, 0.1) is 13.2 Å². The number of esters is 2. The first-order valence-electron chi connectivity index (χ1n) is 4.48. The van der Waals surface area contributed by atoms with Crippen molar-refractivity contribution >= 4 is 11.9 Å². The van der Waals surface area contributed by atoms with Crippen LogP contribution < -0.4 is 0 Å². The molecule has 0 aliphatic rings. The summed E-state index contributed by atoms with van der Waals surface area (Å²) in [5.74, 6) is -1.65. The standard InChI is InChI=1S/C9H11NO5/c1-3-13-8(11)6-7(15-5-10-6)9(12)14-4-2/h5H,3-4H2,1-2H3. The Hall–Kier alpha value is -1.85. The Balaban J connectivity index is 2.86. The highest BCUT2D eigenvalue weighted by atomic mass is 16.5. The molecule has 0 unspecified atom stereocenters. The summed E-state index contributed by atoms with van der Waals surface area (Å²) in [5.41, 5.74) is -0.157. The topological polar surface area (TPSA) is 78.6 Å². The largest absolute Gasteiger partial charge is 0.461 e. The number of ether oxygens (including phenoxy) is 2. The first-order chi connectivity index (χ1) is 7.20. The fraction of sp³-hybridized carbons (Fsp3) is 0.444. The maximum atomic E-state index is 11.3. The Kier molecular flexibility index (Phi) is 3.84. The monoisotopic (exact) mass is 213 g/mol. The third-order valence-corrected chi connectivity index (χ3v) is 1.50. The molecule has 0 amide bonds. The van der Waals surface area contributed by atoms with E-state index in [1.54, 1.807) is 13.8 Å². The van der Waals surface area contributed by atoms with Crippen molar-refractivity contribution in [2.75, 3.05) is 13.2 Å². The Morgan fingerprint density at radius 3 is 2.47 bits per heavy atom. The van der Waals surface area contributed by atoms with Crippen LogP contribution in [0.4, 0.5) is 0 Å². The van der Waals surface area contributed by atoms with E-state index in [0.29, 0.717) is 0 Å². The smallest absolute Gasteiger partial charge is 0.376 e. The van der Waals surface area contributed by atoms with Gasteiger partial charge in [-0.25, -0.2) is 14.6 Å². The Morgan fingerprint density at radius 2 is 1.87 bits per heavy atom. The average molecular weight is 213 g/mol. The van der Waals surface area contributed by atoms with Crippen molar-refractivity contribution in [1.82, 2.24) is 4.98 Å². The predicted molar refractivity (Wildman–Crippen MR) is 48.4 cm³/mol. The van der Waals surface area contributed by atoms with E-state index in [2.05, 4.69) is 14.5 Å². The third kappa shape index (κ3) is 2.55. The van der Waals surface area contributed by atoms with E-state index in [-0.39, 0.29) is 24.7 Å². The molecule has 0 N–H and O–H groups in total. The molecule has 0 saturated heterocycles. The minimum atomic E-state index is -0.724. The Morgan fingerprint density at radius 1 is 1.27 bits per heavy atom. The van der Waals surface area contributed by atoms with Gasteiger partial charge in [0.1, 0.15) is 0 Å². The van der Waals surface area contributed by atoms with Crippen molar-refractivity contribution in [1.29, 1.82) is 0 Å². The molecule has 15 heavy (non-hydrogen) atoms. The Labute approximate surface area is 86.2 Å². The van der Waals surface area contributed by atoms with E-state index < -0.39 is 11.9 Å². The van der Waals surface area contributed by atoms with Crippen LogP contribution in [0.2, 0.25) is 0 Å². The molecule has 0 radical (unpaired) electrons. The zero-order valence-electron chi connectivity index (χ0n) is 8.48. The van der Waals surface area contributed by atoms with Crippen LogP contribution in [-0.2, 0) is 9.47 Å². The lowest BCUT2D eigenvalue weighted by Crippen LogP contribution is -2.12. The average Bonchev–Trinajstić information content (AvgIpc) is 2.66. The van der Waals surface area contributed by atoms with Crippen molar-refractivity contribution in [2.45, 2.75) is 13.8 Å². The van der Waals surface area contributed by atoms with Crippen LogP contribution in [0, 0.1) is 0 Å². The lowest BCUT2D eigenvalue weighted by atomic mass is 10.3. The zero-order chi connectivity index (χ0) is 11.3. The number of carbonyl (C=O) groups excluding carboxylic acids is 2. The van der Waals surface area contributed by atoms with E-state index in [1.807, 2.05) is 0 Å². The molecule has 6 nitrogen and oxygen atoms in total. The highest BCUT2D eigenvalue weighted by Crippen LogP contribution is 2.09. The molecule has 6 heteroatoms. The maximum Gasteiger partial charge on any atom is 0.376 e. The van der Waals surface area contributed by atoms with Gasteiger partial charge in [-0.1, -0.05) is 0 Å². The van der Waals surface area contributed by atoms with Gasteiger partial charge in [-0.05, 0) is 13.8 Å². The van der Waals surface area contributed by atoms with E-state index in [4.69, 9.17) is 4.42 Å². The second kappa shape index (κ2) is 5.14. The molecule has 0 saturated carbocycles. The van der Waals surface area contributed by atoms with Crippen molar-refractivity contribution in [3.63, 3.8) is 0 Å². The molecule has 1 heterocycles. The molecule has 0 aliphatic heterocycles. The lowest BCUT2D eigenvalue weighted by molar-refractivity contribution is 0.0449. The van der Waals surface area contributed by atoms with Crippen molar-refractivity contribution in [2.24, 2.45) is 0 Å². The molecular weight excluding hydrogens is 202 g/mol. The van der Waals surface area contributed by atoms with Gasteiger partial charge >= 0.3 is 11.9 Å². The van der Waals surface area contributed by atoms with Crippen molar-refractivity contribution in [3.8, 4) is 0 Å². The van der Waals surface area contributed by atoms with Gasteiger partial charge in [-0.2, -0.15) is 0 Å². The van der Waals surface area contributed by atoms with Gasteiger partial charge in [-0.15, -0.1) is 0 Å². The van der Waals surface area contributed by atoms with E-state index >= 15 is 0 Å². The van der Waals surface area contributed by atoms with Crippen LogP contribution in [0.25, 0.3) is 0 Å². The SMILES string of the molecule is CCOC(=O)c1ncoc1C(=O)OCC. The van der Waals surface area contributed by atoms with Gasteiger partial charge < -0.3 is 13.9 Å². The van der Waals surface area contributed by atoms with Gasteiger partial charge in [0.15, 0.2) is 6.39 Å². The molecule has 0 fully saturated rings. The number of oxazole rings is 1. The second-order valence-corrected chi connectivity index (χ2v) is 2.47. The van der Waals surface area contributed by atoms with Gasteiger partial charge in [0.25, 0.3) is 0 Å². The first kappa shape index (κ1) is 11.2. The zero-order valence-corrected chi connectivity index (χ0v) is 8.48. The number of aromatic nitrogens is 1. The molecule has 0 atom stereocenters. The minimum absolute atomic E-state index is 0.157. The molecule has 0 spiro atoms. The van der Waals surface area contributed by atoms with Crippen molar-refractivity contribution < 1.29 is 23.5 Å². The highest BCUT2D eigenvalue weighted by Gasteiger charge is 2.24. The number of hydrogen-bond acceptors (Lipinski definition) is 6. The van der Waals surface area contributed by atoms with Crippen LogP contribution >= 0.6 is 0 Å². The summed E-state index contributed by atoms with van der Waals surface area (Å²) in [6, 6.07) is 0. The minimum Gasteiger partial charge on any atom is -0.461 e. The predicted octanol–water partition coefficient (Wildman–Crippen LogP) is 1.03. The number of hydrogen-bond donors (Lipinski definition) is 0. The van der Waals surface area contributed by atoms with Crippen LogP contribution in [0.3, 0.4) is 0 Å². The molecule has 0 aliphatic carbocycles. The summed E-state index contributed by atoms with van der Waals surface area (Å²) in [5, 5.41) is 0. The van der Waals surface area contributed by atoms with Gasteiger partial charge in [0, 0.05) is 0 Å². The quantitative estimate of drug-likeness (QED) is 0.695. The third-order valence-electron chi connectivity index (χ3n) is 1.50. The molecule has 0 aromatic carbocycles.